The van der Waals surface area contributed by atoms with Gasteiger partial charge in [-0.05, 0) is 25.0 Å². The van der Waals surface area contributed by atoms with Gasteiger partial charge in [-0.1, -0.05) is 25.1 Å². The van der Waals surface area contributed by atoms with Gasteiger partial charge in [0.2, 0.25) is 0 Å². The van der Waals surface area contributed by atoms with Crippen molar-refractivity contribution in [3.05, 3.63) is 30.3 Å². The van der Waals surface area contributed by atoms with Crippen LogP contribution in [0.1, 0.15) is 19.8 Å². The molecule has 0 aliphatic carbocycles. The summed E-state index contributed by atoms with van der Waals surface area (Å²) >= 11 is 0. The van der Waals surface area contributed by atoms with Gasteiger partial charge in [0.25, 0.3) is 5.91 Å². The molecule has 2 rings (SSSR count). The first-order valence-electron chi connectivity index (χ1n) is 7.77. The van der Waals surface area contributed by atoms with Crippen molar-refractivity contribution in [3.8, 4) is 5.75 Å². The topological polar surface area (TPSA) is 98.8 Å². The Morgan fingerprint density at radius 2 is 2.00 bits per heavy atom. The van der Waals surface area contributed by atoms with Crippen LogP contribution in [0.25, 0.3) is 0 Å². The smallest absolute Gasteiger partial charge is 0.347 e. The fraction of sp³-hybridized carbons (Fsp3) is 0.500. The second-order valence-corrected chi connectivity index (χ2v) is 7.83. The summed E-state index contributed by atoms with van der Waals surface area (Å²) in [6.45, 7) is 1.32. The average Bonchev–Trinajstić information content (AvgIpc) is 2.90. The molecule has 0 spiro atoms. The second kappa shape index (κ2) is 8.14. The Kier molecular flexibility index (Phi) is 6.19. The van der Waals surface area contributed by atoms with E-state index in [9.17, 15) is 18.0 Å². The minimum Gasteiger partial charge on any atom is -0.479 e. The molecule has 0 saturated carbocycles. The number of sulfone groups is 1. The number of hydrogen-bond acceptors (Lipinski definition) is 6. The van der Waals surface area contributed by atoms with Gasteiger partial charge in [0.05, 0.1) is 11.5 Å². The lowest BCUT2D eigenvalue weighted by atomic mass is 10.2. The van der Waals surface area contributed by atoms with E-state index in [1.807, 2.05) is 6.07 Å². The summed E-state index contributed by atoms with van der Waals surface area (Å²) in [6.07, 6.45) is -0.0144. The predicted octanol–water partition coefficient (Wildman–Crippen LogP) is 0.691. The molecular weight excluding hydrogens is 334 g/mol. The summed E-state index contributed by atoms with van der Waals surface area (Å²) in [4.78, 5) is 23.8. The van der Waals surface area contributed by atoms with E-state index < -0.39 is 40.5 Å². The minimum absolute atomic E-state index is 0.0681. The monoisotopic (exact) mass is 355 g/mol. The molecule has 8 heteroatoms. The summed E-state index contributed by atoms with van der Waals surface area (Å²) < 4.78 is 33.2. The highest BCUT2D eigenvalue weighted by molar-refractivity contribution is 7.91. The average molecular weight is 355 g/mol. The maximum atomic E-state index is 12.0. The van der Waals surface area contributed by atoms with Gasteiger partial charge in [-0.2, -0.15) is 0 Å². The molecule has 0 bridgehead atoms. The number of ether oxygens (including phenoxy) is 2. The van der Waals surface area contributed by atoms with Gasteiger partial charge in [0.1, 0.15) is 5.75 Å². The van der Waals surface area contributed by atoms with Crippen LogP contribution in [0, 0.1) is 0 Å². The van der Waals surface area contributed by atoms with E-state index in [2.05, 4.69) is 5.32 Å². The number of carbonyl (C=O) groups is 2. The molecule has 0 unspecified atom stereocenters. The zero-order chi connectivity index (χ0) is 17.6. The van der Waals surface area contributed by atoms with E-state index in [-0.39, 0.29) is 11.5 Å². The molecule has 1 aliphatic rings. The van der Waals surface area contributed by atoms with Gasteiger partial charge in [-0.25, -0.2) is 13.2 Å². The van der Waals surface area contributed by atoms with Gasteiger partial charge >= 0.3 is 5.97 Å². The molecule has 7 nitrogen and oxygen atoms in total. The van der Waals surface area contributed by atoms with Crippen molar-refractivity contribution >= 4 is 21.7 Å². The number of carbonyl (C=O) groups excluding carboxylic acids is 2. The summed E-state index contributed by atoms with van der Waals surface area (Å²) in [5.74, 6) is -0.598. The van der Waals surface area contributed by atoms with E-state index in [1.54, 1.807) is 31.2 Å². The van der Waals surface area contributed by atoms with Gasteiger partial charge in [-0.3, -0.25) is 4.79 Å². The lowest BCUT2D eigenvalue weighted by Crippen LogP contribution is -2.39. The number of para-hydroxylation sites is 1. The molecule has 1 aromatic carbocycles. The summed E-state index contributed by atoms with van der Waals surface area (Å²) in [5, 5.41) is 2.56. The van der Waals surface area contributed by atoms with Crippen LogP contribution < -0.4 is 10.1 Å². The summed E-state index contributed by atoms with van der Waals surface area (Å²) in [7, 11) is -3.07. The molecule has 0 radical (unpaired) electrons. The maximum absolute atomic E-state index is 12.0. The Balaban J connectivity index is 1.77. The molecule has 1 N–H and O–H groups in total. The second-order valence-electron chi connectivity index (χ2n) is 5.60. The van der Waals surface area contributed by atoms with E-state index in [0.29, 0.717) is 18.6 Å². The third kappa shape index (κ3) is 5.52. The van der Waals surface area contributed by atoms with E-state index in [0.717, 1.165) is 0 Å². The van der Waals surface area contributed by atoms with Crippen LogP contribution in [0.15, 0.2) is 30.3 Å². The predicted molar refractivity (Wildman–Crippen MR) is 87.3 cm³/mol. The molecule has 1 saturated heterocycles. The van der Waals surface area contributed by atoms with Crippen LogP contribution in [-0.2, 0) is 24.2 Å². The molecule has 0 aromatic heterocycles. The van der Waals surface area contributed by atoms with E-state index in [1.165, 1.54) is 0 Å². The Morgan fingerprint density at radius 1 is 1.29 bits per heavy atom. The Bertz CT molecular complexity index is 673. The van der Waals surface area contributed by atoms with Crippen LogP contribution in [0.3, 0.4) is 0 Å². The summed E-state index contributed by atoms with van der Waals surface area (Å²) in [5.41, 5.74) is 0. The van der Waals surface area contributed by atoms with Gasteiger partial charge in [-0.15, -0.1) is 0 Å². The fourth-order valence-corrected chi connectivity index (χ4v) is 4.04. The third-order valence-electron chi connectivity index (χ3n) is 3.60. The lowest BCUT2D eigenvalue weighted by molar-refractivity contribution is -0.155. The maximum Gasteiger partial charge on any atom is 0.347 e. The molecule has 2 atom stereocenters. The van der Waals surface area contributed by atoms with Gasteiger partial charge < -0.3 is 14.8 Å². The third-order valence-corrected chi connectivity index (χ3v) is 5.37. The van der Waals surface area contributed by atoms with Crippen LogP contribution >= 0.6 is 0 Å². The number of nitrogens with one attached hydrogen (secondary N) is 1. The van der Waals surface area contributed by atoms with Crippen molar-refractivity contribution in [1.29, 1.82) is 0 Å². The summed E-state index contributed by atoms with van der Waals surface area (Å²) in [6, 6.07) is 8.45. The minimum atomic E-state index is -3.07. The zero-order valence-electron chi connectivity index (χ0n) is 13.4. The van der Waals surface area contributed by atoms with Crippen LogP contribution in [-0.4, -0.2) is 50.6 Å². The van der Waals surface area contributed by atoms with Gasteiger partial charge in [0, 0.05) is 6.04 Å². The highest BCUT2D eigenvalue weighted by Crippen LogP contribution is 2.14. The fourth-order valence-electron chi connectivity index (χ4n) is 2.37. The molecule has 1 amide bonds. The van der Waals surface area contributed by atoms with Crippen molar-refractivity contribution in [2.75, 3.05) is 18.1 Å². The largest absolute Gasteiger partial charge is 0.479 e. The molecule has 1 fully saturated rings. The number of benzene rings is 1. The molecule has 132 valence electrons. The molecular formula is C16H21NO6S. The molecule has 1 aliphatic heterocycles. The normalized spacial score (nSPS) is 20.1. The Morgan fingerprint density at radius 3 is 2.58 bits per heavy atom. The van der Waals surface area contributed by atoms with Crippen molar-refractivity contribution in [1.82, 2.24) is 5.32 Å². The lowest BCUT2D eigenvalue weighted by Gasteiger charge is -2.17. The van der Waals surface area contributed by atoms with Crippen molar-refractivity contribution < 1.29 is 27.5 Å². The quantitative estimate of drug-likeness (QED) is 0.723. The van der Waals surface area contributed by atoms with Crippen molar-refractivity contribution in [2.24, 2.45) is 0 Å². The van der Waals surface area contributed by atoms with Crippen LogP contribution in [0.4, 0.5) is 0 Å². The Hall–Kier alpha value is -2.09. The van der Waals surface area contributed by atoms with E-state index in [4.69, 9.17) is 9.47 Å². The SMILES string of the molecule is CC[C@H](Oc1ccccc1)C(=O)OCC(=O)N[C@@H]1CCS(=O)(=O)C1. The number of rotatable bonds is 7. The highest BCUT2D eigenvalue weighted by atomic mass is 32.2. The van der Waals surface area contributed by atoms with Crippen LogP contribution in [0.2, 0.25) is 0 Å². The van der Waals surface area contributed by atoms with Crippen molar-refractivity contribution in [3.63, 3.8) is 0 Å². The zero-order valence-corrected chi connectivity index (χ0v) is 14.3. The molecule has 1 heterocycles. The first-order chi connectivity index (χ1) is 11.4. The first kappa shape index (κ1) is 18.3. The Labute approximate surface area is 141 Å². The van der Waals surface area contributed by atoms with Crippen LogP contribution in [0.5, 0.6) is 5.75 Å². The van der Waals surface area contributed by atoms with Gasteiger partial charge in [0.15, 0.2) is 22.5 Å². The molecule has 1 aromatic rings. The number of hydrogen-bond donors (Lipinski definition) is 1. The standard InChI is InChI=1S/C16H21NO6S/c1-2-14(23-13-6-4-3-5-7-13)16(19)22-10-15(18)17-12-8-9-24(20,21)11-12/h3-7,12,14H,2,8-11H2,1H3,(H,17,18)/t12-,14+/m1/s1. The molecule has 24 heavy (non-hydrogen) atoms. The highest BCUT2D eigenvalue weighted by Gasteiger charge is 2.29. The first-order valence-corrected chi connectivity index (χ1v) is 9.60. The van der Waals surface area contributed by atoms with Crippen molar-refractivity contribution in [2.45, 2.75) is 31.9 Å². The number of esters is 1. The van der Waals surface area contributed by atoms with E-state index >= 15 is 0 Å². The number of amides is 1.